The molecule has 0 spiro atoms. The van der Waals surface area contributed by atoms with Crippen LogP contribution in [0, 0.1) is 5.82 Å². The van der Waals surface area contributed by atoms with Gasteiger partial charge in [-0.3, -0.25) is 4.98 Å². The van der Waals surface area contributed by atoms with Crippen LogP contribution < -0.4 is 5.73 Å². The van der Waals surface area contributed by atoms with Crippen LogP contribution >= 0.6 is 0 Å². The van der Waals surface area contributed by atoms with Crippen molar-refractivity contribution in [3.8, 4) is 5.75 Å². The lowest BCUT2D eigenvalue weighted by Crippen LogP contribution is -2.07. The predicted octanol–water partition coefficient (Wildman–Crippen LogP) is 1.32. The highest BCUT2D eigenvalue weighted by Gasteiger charge is 2.19. The molecule has 0 aliphatic carbocycles. The molecule has 72 valence electrons. The lowest BCUT2D eigenvalue weighted by Gasteiger charge is -2.07. The van der Waals surface area contributed by atoms with Gasteiger partial charge in [-0.1, -0.05) is 0 Å². The van der Waals surface area contributed by atoms with E-state index in [-0.39, 0.29) is 0 Å². The minimum absolute atomic E-state index is 0.424. The Hall–Kier alpha value is -1.30. The van der Waals surface area contributed by atoms with Crippen molar-refractivity contribution in [1.29, 1.82) is 0 Å². The number of hydrogen-bond donors (Lipinski definition) is 2. The fraction of sp³-hybridized carbons (Fsp3) is 0.286. The van der Waals surface area contributed by atoms with Crippen LogP contribution in [0.15, 0.2) is 6.20 Å². The highest BCUT2D eigenvalue weighted by Crippen LogP contribution is 2.26. The van der Waals surface area contributed by atoms with Gasteiger partial charge in [-0.2, -0.15) is 0 Å². The second kappa shape index (κ2) is 3.61. The minimum Gasteiger partial charge on any atom is -0.504 e. The van der Waals surface area contributed by atoms with E-state index in [4.69, 9.17) is 10.8 Å². The van der Waals surface area contributed by atoms with Crippen LogP contribution in [-0.2, 0) is 6.54 Å². The van der Waals surface area contributed by atoms with Gasteiger partial charge >= 0.3 is 0 Å². The molecule has 1 aromatic rings. The third-order valence-electron chi connectivity index (χ3n) is 1.54. The maximum atomic E-state index is 12.9. The number of nitrogens with two attached hydrogens (primary N) is 1. The van der Waals surface area contributed by atoms with Gasteiger partial charge in [0, 0.05) is 12.1 Å². The van der Waals surface area contributed by atoms with Crippen molar-refractivity contribution in [2.75, 3.05) is 0 Å². The van der Waals surface area contributed by atoms with Gasteiger partial charge in [-0.05, 0) is 0 Å². The van der Waals surface area contributed by atoms with Gasteiger partial charge in [-0.15, -0.1) is 0 Å². The van der Waals surface area contributed by atoms with Crippen LogP contribution in [0.1, 0.15) is 17.7 Å². The molecule has 0 aliphatic rings. The molecule has 3 N–H and O–H groups in total. The summed E-state index contributed by atoms with van der Waals surface area (Å²) in [6, 6.07) is 0. The van der Waals surface area contributed by atoms with Crippen molar-refractivity contribution in [2.45, 2.75) is 13.0 Å². The van der Waals surface area contributed by atoms with Crippen molar-refractivity contribution < 1.29 is 18.3 Å². The zero-order valence-electron chi connectivity index (χ0n) is 6.47. The molecular weight excluding hydrogens is 185 g/mol. The summed E-state index contributed by atoms with van der Waals surface area (Å²) in [6.07, 6.45) is -2.26. The summed E-state index contributed by atoms with van der Waals surface area (Å²) in [7, 11) is 0. The van der Waals surface area contributed by atoms with E-state index in [9.17, 15) is 13.2 Å². The van der Waals surface area contributed by atoms with Crippen LogP contribution in [0.5, 0.6) is 5.75 Å². The van der Waals surface area contributed by atoms with E-state index in [2.05, 4.69) is 4.98 Å². The first-order chi connectivity index (χ1) is 6.07. The molecule has 0 aromatic carbocycles. The monoisotopic (exact) mass is 192 g/mol. The SMILES string of the molecule is NCc1c(C(F)F)ncc(O)c1F. The topological polar surface area (TPSA) is 59.1 Å². The Labute approximate surface area is 72.0 Å². The number of halogens is 3. The quantitative estimate of drug-likeness (QED) is 0.742. The molecule has 1 heterocycles. The van der Waals surface area contributed by atoms with Gasteiger partial charge in [0.15, 0.2) is 11.6 Å². The number of aromatic hydroxyl groups is 1. The van der Waals surface area contributed by atoms with Crippen LogP contribution in [0.3, 0.4) is 0 Å². The number of rotatable bonds is 2. The molecule has 0 atom stereocenters. The van der Waals surface area contributed by atoms with Crippen LogP contribution in [0.25, 0.3) is 0 Å². The van der Waals surface area contributed by atoms with Crippen LogP contribution in [-0.4, -0.2) is 10.1 Å². The Kier molecular flexibility index (Phi) is 2.72. The largest absolute Gasteiger partial charge is 0.504 e. The molecule has 0 radical (unpaired) electrons. The average molecular weight is 192 g/mol. The highest BCUT2D eigenvalue weighted by molar-refractivity contribution is 5.31. The molecule has 1 rings (SSSR count). The highest BCUT2D eigenvalue weighted by atomic mass is 19.3. The summed E-state index contributed by atoms with van der Waals surface area (Å²) < 4.78 is 37.2. The molecule has 0 amide bonds. The van der Waals surface area contributed by atoms with Crippen molar-refractivity contribution in [3.63, 3.8) is 0 Å². The lowest BCUT2D eigenvalue weighted by atomic mass is 10.2. The summed E-state index contributed by atoms with van der Waals surface area (Å²) in [6.45, 7) is -0.424. The summed E-state index contributed by atoms with van der Waals surface area (Å²) in [4.78, 5) is 3.19. The maximum absolute atomic E-state index is 12.9. The second-order valence-electron chi connectivity index (χ2n) is 2.33. The average Bonchev–Trinajstić information content (AvgIpc) is 2.09. The van der Waals surface area contributed by atoms with E-state index in [1.165, 1.54) is 0 Å². The molecule has 6 heteroatoms. The van der Waals surface area contributed by atoms with Crippen molar-refractivity contribution >= 4 is 0 Å². The smallest absolute Gasteiger partial charge is 0.280 e. The summed E-state index contributed by atoms with van der Waals surface area (Å²) in [5.74, 6) is -1.90. The van der Waals surface area contributed by atoms with Crippen molar-refractivity contribution in [1.82, 2.24) is 4.98 Å². The molecule has 0 bridgehead atoms. The van der Waals surface area contributed by atoms with E-state index in [0.29, 0.717) is 6.20 Å². The first-order valence-corrected chi connectivity index (χ1v) is 3.42. The molecule has 0 saturated carbocycles. The zero-order chi connectivity index (χ0) is 10.0. The predicted molar refractivity (Wildman–Crippen MR) is 38.7 cm³/mol. The van der Waals surface area contributed by atoms with Crippen molar-refractivity contribution in [3.05, 3.63) is 23.3 Å². The fourth-order valence-corrected chi connectivity index (χ4v) is 0.915. The molecule has 0 unspecified atom stereocenters. The molecule has 0 fully saturated rings. The summed E-state index contributed by atoms with van der Waals surface area (Å²) in [5, 5.41) is 8.80. The second-order valence-corrected chi connectivity index (χ2v) is 2.33. The third-order valence-corrected chi connectivity index (χ3v) is 1.54. The minimum atomic E-state index is -2.89. The standard InChI is InChI=1S/C7H7F3N2O/c8-5-3(1-11)6(7(9)10)12-2-4(5)13/h2,7,13H,1,11H2. The molecule has 0 aliphatic heterocycles. The third kappa shape index (κ3) is 1.72. The van der Waals surface area contributed by atoms with E-state index in [1.54, 1.807) is 0 Å². The van der Waals surface area contributed by atoms with Gasteiger partial charge in [-0.25, -0.2) is 13.2 Å². The molecule has 3 nitrogen and oxygen atoms in total. The molecular formula is C7H7F3N2O. The number of aromatic nitrogens is 1. The number of nitrogens with zero attached hydrogens (tertiary/aromatic N) is 1. The lowest BCUT2D eigenvalue weighted by molar-refractivity contribution is 0.144. The normalized spacial score (nSPS) is 10.8. The zero-order valence-corrected chi connectivity index (χ0v) is 6.47. The van der Waals surface area contributed by atoms with Crippen molar-refractivity contribution in [2.24, 2.45) is 5.73 Å². The Morgan fingerprint density at radius 1 is 1.54 bits per heavy atom. The van der Waals surface area contributed by atoms with Crippen LogP contribution in [0.2, 0.25) is 0 Å². The van der Waals surface area contributed by atoms with Gasteiger partial charge in [0.25, 0.3) is 6.43 Å². The summed E-state index contributed by atoms with van der Waals surface area (Å²) in [5.41, 5.74) is 3.86. The Balaban J connectivity index is 3.30. The van der Waals surface area contributed by atoms with Crippen LogP contribution in [0.4, 0.5) is 13.2 Å². The first-order valence-electron chi connectivity index (χ1n) is 3.42. The van der Waals surface area contributed by atoms with E-state index >= 15 is 0 Å². The van der Waals surface area contributed by atoms with E-state index in [1.807, 2.05) is 0 Å². The molecule has 0 saturated heterocycles. The number of pyridine rings is 1. The van der Waals surface area contributed by atoms with Gasteiger partial charge in [0.2, 0.25) is 0 Å². The Morgan fingerprint density at radius 3 is 2.62 bits per heavy atom. The Morgan fingerprint density at radius 2 is 2.15 bits per heavy atom. The van der Waals surface area contributed by atoms with Gasteiger partial charge in [0.05, 0.1) is 6.20 Å². The fourth-order valence-electron chi connectivity index (χ4n) is 0.915. The van der Waals surface area contributed by atoms with Gasteiger partial charge < -0.3 is 10.8 Å². The molecule has 13 heavy (non-hydrogen) atoms. The maximum Gasteiger partial charge on any atom is 0.280 e. The van der Waals surface area contributed by atoms with E-state index < -0.39 is 35.8 Å². The molecule has 1 aromatic heterocycles. The van der Waals surface area contributed by atoms with E-state index in [0.717, 1.165) is 0 Å². The summed E-state index contributed by atoms with van der Waals surface area (Å²) >= 11 is 0. The Bertz CT molecular complexity index is 317. The van der Waals surface area contributed by atoms with Gasteiger partial charge in [0.1, 0.15) is 5.69 Å². The number of alkyl halides is 2. The number of hydrogen-bond acceptors (Lipinski definition) is 3. The first kappa shape index (κ1) is 9.79.